The number of rotatable bonds is 13. The van der Waals surface area contributed by atoms with E-state index in [0.717, 1.165) is 45.5 Å². The van der Waals surface area contributed by atoms with Crippen LogP contribution in [0, 0.1) is 20.2 Å². The molecule has 12 aromatic rings. The summed E-state index contributed by atoms with van der Waals surface area (Å²) in [4.78, 5) is 122. The summed E-state index contributed by atoms with van der Waals surface area (Å²) >= 11 is 3.13. The highest BCUT2D eigenvalue weighted by atomic mass is 79.9. The smallest absolute Gasteiger partial charge is 0.349 e. The molecule has 0 fully saturated rings. The number of nitrogens with one attached hydrogen (secondary N) is 2. The van der Waals surface area contributed by atoms with Gasteiger partial charge < -0.3 is 49.5 Å². The van der Waals surface area contributed by atoms with Crippen LogP contribution in [0.1, 0.15) is 12.0 Å². The van der Waals surface area contributed by atoms with E-state index in [2.05, 4.69) is 57.3 Å². The first-order chi connectivity index (χ1) is 45.0. The normalized spacial score (nSPS) is 10.5. The van der Waals surface area contributed by atoms with E-state index in [0.29, 0.717) is 24.3 Å². The Hall–Kier alpha value is -12.6. The molecule has 14 N–H and O–H groups in total. The standard InChI is InChI=1S/C26H19N3O4.C16H8N2O5.C9H10N2O2.C9H12N2.C6H6N2O2.C3H5Br/c1-2-3-7-13-8-6-9-14(12-13)29-25(32)19-20(26(29)33)22(28)18-17(21(19)27)23(30)15-10-4-5-11-16(15)24(18)31;17-11-7-8(12(18)10-9(11)15(21)23-16(10)22)14(20)6-4-2-1-3-5(6)13(7)19;1-2-6-10-8-4-3-5-9(7-8)11(12)13;1-2-6-11-9-5-3-4-8(10)7-9;7-5-2-1-3-6(4-5)8(9)10;1-2-3-4/h2,4-6,8-12H,1,3,7,27-28H2;1-4H,17-18H2;2-5,7,10H,1,6H2;2-5,7,11H,1,6,10H2;1-4H,7H2;2H,1,3H2. The maximum absolute atomic E-state index is 13.4. The zero-order valence-electron chi connectivity index (χ0n) is 50.0. The zero-order valence-corrected chi connectivity index (χ0v) is 51.6. The molecule has 2 aromatic heterocycles. The predicted molar refractivity (Wildman–Crippen MR) is 383 cm³/mol. The van der Waals surface area contributed by atoms with Gasteiger partial charge in [-0.15, -0.1) is 26.3 Å². The highest BCUT2D eigenvalue weighted by Crippen LogP contribution is 2.33. The Balaban J connectivity index is 0.000000177. The molecule has 476 valence electrons. The third kappa shape index (κ3) is 14.7. The number of aromatic nitrogens is 1. The van der Waals surface area contributed by atoms with Crippen LogP contribution < -0.4 is 89.1 Å². The molecule has 10 aromatic carbocycles. The number of aryl methyl sites for hydroxylation is 1. The second kappa shape index (κ2) is 30.7. The number of anilines is 8. The molecule has 0 radical (unpaired) electrons. The van der Waals surface area contributed by atoms with Gasteiger partial charge in [0.15, 0.2) is 21.7 Å². The summed E-state index contributed by atoms with van der Waals surface area (Å²) in [5, 5.41) is 26.8. The number of nitrogens with zero attached hydrogens (tertiary/aromatic N) is 3. The monoisotopic (exact) mass is 1330 g/mol. The number of nitro groups is 2. The number of alkyl halides is 1. The van der Waals surface area contributed by atoms with Crippen molar-refractivity contribution in [2.45, 2.75) is 12.8 Å². The molecule has 12 rings (SSSR count). The fraction of sp³-hybridized carbons (Fsp3) is 0.0725. The fourth-order valence-electron chi connectivity index (χ4n) is 9.94. The summed E-state index contributed by atoms with van der Waals surface area (Å²) in [6.07, 6.45) is 8.51. The number of hydrogen-bond donors (Lipinski definition) is 8. The minimum absolute atomic E-state index is 0.0278. The molecule has 0 bridgehead atoms. The second-order valence-electron chi connectivity index (χ2n) is 20.2. The number of nitrogens with two attached hydrogens (primary N) is 6. The summed E-state index contributed by atoms with van der Waals surface area (Å²) < 4.78 is 5.49. The zero-order chi connectivity index (χ0) is 68.7. The highest BCUT2D eigenvalue weighted by Gasteiger charge is 2.27. The minimum Gasteiger partial charge on any atom is -0.399 e. The van der Waals surface area contributed by atoms with Gasteiger partial charge in [-0.05, 0) is 60.9 Å². The lowest BCUT2D eigenvalue weighted by Gasteiger charge is -2.07. The van der Waals surface area contributed by atoms with Gasteiger partial charge in [-0.2, -0.15) is 0 Å². The van der Waals surface area contributed by atoms with Crippen LogP contribution in [0.25, 0.3) is 70.3 Å². The van der Waals surface area contributed by atoms with Crippen LogP contribution in [0.15, 0.2) is 239 Å². The fourth-order valence-corrected chi connectivity index (χ4v) is 9.94. The summed E-state index contributed by atoms with van der Waals surface area (Å²) in [6, 6.07) is 39.4. The molecule has 2 heterocycles. The van der Waals surface area contributed by atoms with Crippen molar-refractivity contribution in [1.29, 1.82) is 0 Å². The van der Waals surface area contributed by atoms with Gasteiger partial charge in [-0.25, -0.2) is 14.2 Å². The van der Waals surface area contributed by atoms with Gasteiger partial charge in [0.25, 0.3) is 22.5 Å². The number of nitro benzene ring substituents is 2. The van der Waals surface area contributed by atoms with Crippen LogP contribution in [-0.2, 0) is 6.42 Å². The molecule has 0 saturated heterocycles. The average Bonchev–Trinajstić information content (AvgIpc) is 1.44. The van der Waals surface area contributed by atoms with Crippen molar-refractivity contribution < 1.29 is 14.3 Å². The van der Waals surface area contributed by atoms with E-state index < -0.39 is 53.9 Å². The van der Waals surface area contributed by atoms with Crippen molar-refractivity contribution in [2.24, 2.45) is 0 Å². The van der Waals surface area contributed by atoms with Crippen molar-refractivity contribution >= 4 is 137 Å². The molecule has 0 amide bonds. The Morgan fingerprint density at radius 1 is 0.447 bits per heavy atom. The molecule has 0 atom stereocenters. The molecule has 0 unspecified atom stereocenters. The van der Waals surface area contributed by atoms with Gasteiger partial charge in [-0.3, -0.25) is 49.0 Å². The molecule has 0 aliphatic rings. The topological polar surface area (TPSA) is 421 Å². The van der Waals surface area contributed by atoms with E-state index >= 15 is 0 Å². The Bertz CT molecular complexity index is 5210. The van der Waals surface area contributed by atoms with Crippen molar-refractivity contribution in [2.75, 3.05) is 63.5 Å². The summed E-state index contributed by atoms with van der Waals surface area (Å²) in [5.41, 5.74) is 33.3. The third-order valence-corrected chi connectivity index (χ3v) is 14.6. The molecule has 0 spiro atoms. The number of fused-ring (bicyclic) bond motifs is 6. The van der Waals surface area contributed by atoms with E-state index in [-0.39, 0.29) is 98.8 Å². The van der Waals surface area contributed by atoms with Gasteiger partial charge in [0, 0.05) is 87.0 Å². The van der Waals surface area contributed by atoms with E-state index in [9.17, 15) is 58.6 Å². The molecule has 94 heavy (non-hydrogen) atoms. The van der Waals surface area contributed by atoms with Gasteiger partial charge in [-0.1, -0.05) is 119 Å². The molecule has 25 heteroatoms. The first-order valence-corrected chi connectivity index (χ1v) is 29.3. The average molecular weight is 1330 g/mol. The van der Waals surface area contributed by atoms with Gasteiger partial charge >= 0.3 is 11.3 Å². The number of allylic oxidation sites excluding steroid dienone is 2. The SMILES string of the molecule is C=CCBr.C=CCCc1cccc(-n2c(=O)c3c(N)c4c(=O)c5ccccc5c(=O)c4c(N)c3c2=O)c1.C=CCNc1cccc(N)c1.C=CCNc1cccc([N+](=O)[O-])c1.Nc1c2c(=O)oc(=O)c2c(N)c2c(=O)c3ccccc3c(=O)c12.Nc1cccc([N+](=O)[O-])c1. The summed E-state index contributed by atoms with van der Waals surface area (Å²) in [5.74, 6) is 0. The molecule has 0 aliphatic carbocycles. The van der Waals surface area contributed by atoms with Crippen LogP contribution in [0.4, 0.5) is 56.9 Å². The Morgan fingerprint density at radius 2 is 0.819 bits per heavy atom. The quantitative estimate of drug-likeness (QED) is 0.0101. The second-order valence-corrected chi connectivity index (χ2v) is 20.9. The van der Waals surface area contributed by atoms with Gasteiger partial charge in [0.2, 0.25) is 0 Å². The summed E-state index contributed by atoms with van der Waals surface area (Å²) in [6.45, 7) is 15.6. The molecule has 24 nitrogen and oxygen atoms in total. The van der Waals surface area contributed by atoms with Gasteiger partial charge in [0.1, 0.15) is 10.8 Å². The molecule has 0 aliphatic heterocycles. The number of furan rings is 1. The van der Waals surface area contributed by atoms with Crippen LogP contribution in [0.2, 0.25) is 0 Å². The maximum atomic E-state index is 13.4. The molecule has 0 saturated carbocycles. The summed E-state index contributed by atoms with van der Waals surface area (Å²) in [7, 11) is 0. The predicted octanol–water partition coefficient (Wildman–Crippen LogP) is 9.56. The van der Waals surface area contributed by atoms with E-state index in [1.807, 2.05) is 36.4 Å². The first kappa shape index (κ1) is 68.8. The van der Waals surface area contributed by atoms with Crippen molar-refractivity contribution in [1.82, 2.24) is 4.57 Å². The van der Waals surface area contributed by atoms with Crippen LogP contribution in [-0.4, -0.2) is 32.8 Å². The van der Waals surface area contributed by atoms with E-state index in [1.165, 1.54) is 48.5 Å². The largest absolute Gasteiger partial charge is 0.399 e. The Kier molecular flexibility index (Phi) is 22.5. The maximum Gasteiger partial charge on any atom is 0.349 e. The number of benzene rings is 10. The van der Waals surface area contributed by atoms with Crippen LogP contribution >= 0.6 is 15.9 Å². The van der Waals surface area contributed by atoms with Gasteiger partial charge in [0.05, 0.1) is 70.6 Å². The number of hydrogen-bond acceptors (Lipinski definition) is 21. The first-order valence-electron chi connectivity index (χ1n) is 28.2. The van der Waals surface area contributed by atoms with Crippen LogP contribution in [0.5, 0.6) is 0 Å². The lowest BCUT2D eigenvalue weighted by Crippen LogP contribution is -2.23. The van der Waals surface area contributed by atoms with E-state index in [4.69, 9.17) is 34.4 Å². The third-order valence-electron chi connectivity index (χ3n) is 14.2. The molecular weight excluding hydrogens is 1270 g/mol. The number of nitrogen functional groups attached to an aromatic ring is 6. The highest BCUT2D eigenvalue weighted by molar-refractivity contribution is 9.09. The van der Waals surface area contributed by atoms with Crippen molar-refractivity contribution in [3.8, 4) is 5.69 Å². The number of non-ortho nitro benzene ring substituents is 2. The lowest BCUT2D eigenvalue weighted by atomic mass is 9.97. The Labute approximate surface area is 540 Å². The van der Waals surface area contributed by atoms with E-state index in [1.54, 1.807) is 85.0 Å². The number of halogens is 1. The van der Waals surface area contributed by atoms with Crippen molar-refractivity contribution in [3.05, 3.63) is 304 Å². The minimum atomic E-state index is -0.976. The van der Waals surface area contributed by atoms with Crippen molar-refractivity contribution in [3.63, 3.8) is 0 Å². The molecular formula is C69H60BrN11O13. The Morgan fingerprint density at radius 3 is 1.19 bits per heavy atom. The lowest BCUT2D eigenvalue weighted by molar-refractivity contribution is -0.385. The van der Waals surface area contributed by atoms with Crippen LogP contribution in [0.3, 0.4) is 0 Å².